The van der Waals surface area contributed by atoms with Crippen molar-refractivity contribution < 1.29 is 5.21 Å². The fourth-order valence-electron chi connectivity index (χ4n) is 1.12. The van der Waals surface area contributed by atoms with E-state index in [2.05, 4.69) is 5.32 Å². The largest absolute Gasteiger partial charge is 0.330 e. The molecule has 0 spiro atoms. The second-order valence-electron chi connectivity index (χ2n) is 3.34. The second-order valence-corrected chi connectivity index (χ2v) is 3.34. The first-order valence-corrected chi connectivity index (χ1v) is 5.36. The van der Waals surface area contributed by atoms with E-state index in [0.29, 0.717) is 19.6 Å². The Kier molecular flexibility index (Phi) is 10.7. The lowest BCUT2D eigenvalue weighted by Gasteiger charge is -2.13. The SMILES string of the molecule is NCCCNCCCN(O)CCCN. The zero-order valence-electron chi connectivity index (χ0n) is 8.91. The zero-order chi connectivity index (χ0) is 10.6. The standard InChI is InChI=1S/C9H24N4O/c10-4-1-6-12-7-3-9-13(14)8-2-5-11/h12,14H,1-11H2. The molecule has 0 saturated carbocycles. The lowest BCUT2D eigenvalue weighted by Crippen LogP contribution is -2.27. The van der Waals surface area contributed by atoms with Gasteiger partial charge in [0.15, 0.2) is 0 Å². The molecule has 0 heterocycles. The highest BCUT2D eigenvalue weighted by atomic mass is 16.5. The van der Waals surface area contributed by atoms with Crippen molar-refractivity contribution in [2.45, 2.75) is 19.3 Å². The van der Waals surface area contributed by atoms with Crippen LogP contribution < -0.4 is 16.8 Å². The molecule has 0 aliphatic heterocycles. The average molecular weight is 204 g/mol. The number of hydrogen-bond acceptors (Lipinski definition) is 5. The van der Waals surface area contributed by atoms with E-state index in [1.54, 1.807) is 0 Å². The molecule has 0 bridgehead atoms. The van der Waals surface area contributed by atoms with Crippen molar-refractivity contribution in [3.8, 4) is 0 Å². The molecule has 14 heavy (non-hydrogen) atoms. The minimum Gasteiger partial charge on any atom is -0.330 e. The molecular weight excluding hydrogens is 180 g/mol. The number of hydroxylamine groups is 2. The Labute approximate surface area is 86.4 Å². The highest BCUT2D eigenvalue weighted by Crippen LogP contribution is 1.88. The topological polar surface area (TPSA) is 87.5 Å². The van der Waals surface area contributed by atoms with Gasteiger partial charge in [-0.25, -0.2) is 0 Å². The molecule has 5 nitrogen and oxygen atoms in total. The van der Waals surface area contributed by atoms with E-state index < -0.39 is 0 Å². The number of rotatable bonds is 10. The van der Waals surface area contributed by atoms with Crippen LogP contribution in [-0.2, 0) is 0 Å². The molecule has 0 aromatic carbocycles. The lowest BCUT2D eigenvalue weighted by atomic mass is 10.3. The summed E-state index contributed by atoms with van der Waals surface area (Å²) < 4.78 is 0. The Bertz CT molecular complexity index is 113. The van der Waals surface area contributed by atoms with Crippen LogP contribution >= 0.6 is 0 Å². The Morgan fingerprint density at radius 3 is 2.14 bits per heavy atom. The van der Waals surface area contributed by atoms with Crippen molar-refractivity contribution in [3.05, 3.63) is 0 Å². The van der Waals surface area contributed by atoms with Gasteiger partial charge in [0.1, 0.15) is 0 Å². The average Bonchev–Trinajstić information content (AvgIpc) is 2.20. The summed E-state index contributed by atoms with van der Waals surface area (Å²) in [4.78, 5) is 0. The van der Waals surface area contributed by atoms with Crippen LogP contribution in [0.2, 0.25) is 0 Å². The third kappa shape index (κ3) is 9.88. The third-order valence-electron chi connectivity index (χ3n) is 1.95. The zero-order valence-corrected chi connectivity index (χ0v) is 8.91. The molecule has 0 radical (unpaired) electrons. The Balaban J connectivity index is 3.02. The van der Waals surface area contributed by atoms with Crippen LogP contribution in [0.25, 0.3) is 0 Å². The van der Waals surface area contributed by atoms with Crippen LogP contribution in [0.5, 0.6) is 0 Å². The summed E-state index contributed by atoms with van der Waals surface area (Å²) in [5.41, 5.74) is 10.7. The molecule has 0 aliphatic carbocycles. The maximum absolute atomic E-state index is 9.31. The van der Waals surface area contributed by atoms with E-state index >= 15 is 0 Å². The maximum Gasteiger partial charge on any atom is 0.0250 e. The van der Waals surface area contributed by atoms with Crippen LogP contribution in [0.4, 0.5) is 0 Å². The van der Waals surface area contributed by atoms with Gasteiger partial charge in [0.25, 0.3) is 0 Å². The fraction of sp³-hybridized carbons (Fsp3) is 1.00. The van der Waals surface area contributed by atoms with Gasteiger partial charge in [0, 0.05) is 13.1 Å². The minimum atomic E-state index is 0.631. The van der Waals surface area contributed by atoms with Crippen molar-refractivity contribution in [1.82, 2.24) is 10.4 Å². The predicted octanol–water partition coefficient (Wildman–Crippen LogP) is -0.645. The molecule has 0 rings (SSSR count). The van der Waals surface area contributed by atoms with Crippen molar-refractivity contribution >= 4 is 0 Å². The van der Waals surface area contributed by atoms with E-state index in [1.807, 2.05) is 0 Å². The van der Waals surface area contributed by atoms with Gasteiger partial charge < -0.3 is 22.0 Å². The molecule has 0 fully saturated rings. The Hall–Kier alpha value is -0.200. The molecule has 86 valence electrons. The van der Waals surface area contributed by atoms with Gasteiger partial charge in [-0.1, -0.05) is 0 Å². The summed E-state index contributed by atoms with van der Waals surface area (Å²) >= 11 is 0. The van der Waals surface area contributed by atoms with E-state index in [-0.39, 0.29) is 0 Å². The normalized spacial score (nSPS) is 11.1. The number of hydrogen-bond donors (Lipinski definition) is 4. The summed E-state index contributed by atoms with van der Waals surface area (Å²) in [6.45, 7) is 4.63. The van der Waals surface area contributed by atoms with Gasteiger partial charge in [0.05, 0.1) is 0 Å². The highest BCUT2D eigenvalue weighted by Gasteiger charge is 1.98. The van der Waals surface area contributed by atoms with Crippen molar-refractivity contribution in [2.24, 2.45) is 11.5 Å². The van der Waals surface area contributed by atoms with Gasteiger partial charge in [-0.05, 0) is 45.4 Å². The summed E-state index contributed by atoms with van der Waals surface area (Å²) in [6.07, 6.45) is 2.80. The predicted molar refractivity (Wildman–Crippen MR) is 58.2 cm³/mol. The summed E-state index contributed by atoms with van der Waals surface area (Å²) in [7, 11) is 0. The van der Waals surface area contributed by atoms with Crippen molar-refractivity contribution in [3.63, 3.8) is 0 Å². The second kappa shape index (κ2) is 10.9. The van der Waals surface area contributed by atoms with E-state index in [0.717, 1.165) is 38.9 Å². The van der Waals surface area contributed by atoms with Crippen LogP contribution in [-0.4, -0.2) is 49.5 Å². The molecule has 0 aliphatic rings. The smallest absolute Gasteiger partial charge is 0.0250 e. The van der Waals surface area contributed by atoms with Gasteiger partial charge in [-0.3, -0.25) is 0 Å². The van der Waals surface area contributed by atoms with Gasteiger partial charge in [-0.15, -0.1) is 0 Å². The Morgan fingerprint density at radius 2 is 1.50 bits per heavy atom. The van der Waals surface area contributed by atoms with Crippen molar-refractivity contribution in [2.75, 3.05) is 39.3 Å². The molecule has 5 heteroatoms. The minimum absolute atomic E-state index is 0.631. The van der Waals surface area contributed by atoms with Crippen LogP contribution in [0.1, 0.15) is 19.3 Å². The Morgan fingerprint density at radius 1 is 0.929 bits per heavy atom. The first-order valence-electron chi connectivity index (χ1n) is 5.36. The van der Waals surface area contributed by atoms with Crippen molar-refractivity contribution in [1.29, 1.82) is 0 Å². The molecule has 0 amide bonds. The summed E-state index contributed by atoms with van der Waals surface area (Å²) in [6, 6.07) is 0. The molecule has 0 aromatic rings. The number of nitrogens with zero attached hydrogens (tertiary/aromatic N) is 1. The molecule has 6 N–H and O–H groups in total. The highest BCUT2D eigenvalue weighted by molar-refractivity contribution is 4.52. The van der Waals surface area contributed by atoms with E-state index in [1.165, 1.54) is 5.06 Å². The fourth-order valence-corrected chi connectivity index (χ4v) is 1.12. The molecule has 0 saturated heterocycles. The van der Waals surface area contributed by atoms with E-state index in [4.69, 9.17) is 11.5 Å². The molecule has 0 unspecified atom stereocenters. The first-order chi connectivity index (χ1) is 6.81. The summed E-state index contributed by atoms with van der Waals surface area (Å²) in [5, 5.41) is 13.9. The van der Waals surface area contributed by atoms with Gasteiger partial charge in [-0.2, -0.15) is 5.06 Å². The number of nitrogens with two attached hydrogens (primary N) is 2. The molecule has 0 aromatic heterocycles. The third-order valence-corrected chi connectivity index (χ3v) is 1.95. The van der Waals surface area contributed by atoms with Crippen LogP contribution in [0.3, 0.4) is 0 Å². The van der Waals surface area contributed by atoms with Gasteiger partial charge >= 0.3 is 0 Å². The molecule has 0 atom stereocenters. The van der Waals surface area contributed by atoms with Crippen LogP contribution in [0.15, 0.2) is 0 Å². The first kappa shape index (κ1) is 13.8. The quantitative estimate of drug-likeness (QED) is 0.281. The molecular formula is C9H24N4O. The van der Waals surface area contributed by atoms with Gasteiger partial charge in [0.2, 0.25) is 0 Å². The number of nitrogens with one attached hydrogen (secondary N) is 1. The maximum atomic E-state index is 9.31. The summed E-state index contributed by atoms with van der Waals surface area (Å²) in [5.74, 6) is 0. The van der Waals surface area contributed by atoms with Crippen LogP contribution in [0, 0.1) is 0 Å². The van der Waals surface area contributed by atoms with E-state index in [9.17, 15) is 5.21 Å². The monoisotopic (exact) mass is 204 g/mol. The lowest BCUT2D eigenvalue weighted by molar-refractivity contribution is -0.0911.